The van der Waals surface area contributed by atoms with Gasteiger partial charge in [0.05, 0.1) is 19.1 Å². The van der Waals surface area contributed by atoms with Gasteiger partial charge in [-0.25, -0.2) is 0 Å². The molecule has 10 nitrogen and oxygen atoms in total. The van der Waals surface area contributed by atoms with Crippen LogP contribution in [0.4, 0.5) is 0 Å². The normalized spacial score (nSPS) is 16.7. The molecule has 1 heterocycles. The molecule has 178 valence electrons. The number of hydrogen-bond acceptors (Lipinski definition) is 6. The molecule has 0 saturated carbocycles. The zero-order valence-electron chi connectivity index (χ0n) is 18.8. The van der Waals surface area contributed by atoms with Gasteiger partial charge < -0.3 is 31.4 Å². The van der Waals surface area contributed by atoms with Crippen molar-refractivity contribution in [2.45, 2.75) is 44.8 Å². The maximum Gasteiger partial charge on any atom is 0.244 e. The van der Waals surface area contributed by atoms with Crippen molar-refractivity contribution in [3.8, 4) is 0 Å². The van der Waals surface area contributed by atoms with E-state index in [1.807, 2.05) is 30.3 Å². The van der Waals surface area contributed by atoms with Crippen molar-refractivity contribution in [2.24, 2.45) is 11.7 Å². The van der Waals surface area contributed by atoms with E-state index in [0.717, 1.165) is 5.56 Å². The number of amides is 4. The molecule has 0 unspecified atom stereocenters. The molecular weight excluding hydrogens is 426 g/mol. The number of nitrogens with zero attached hydrogens (tertiary/aromatic N) is 1. The highest BCUT2D eigenvalue weighted by Gasteiger charge is 2.33. The highest BCUT2D eigenvalue weighted by atomic mass is 16.2. The Morgan fingerprint density at radius 3 is 2.45 bits per heavy atom. The van der Waals surface area contributed by atoms with Crippen LogP contribution in [0.3, 0.4) is 0 Å². The highest BCUT2D eigenvalue weighted by Crippen LogP contribution is 2.15. The third-order valence-electron chi connectivity index (χ3n) is 5.26. The summed E-state index contributed by atoms with van der Waals surface area (Å²) in [6.45, 7) is 3.00. The minimum atomic E-state index is -0.977. The summed E-state index contributed by atoms with van der Waals surface area (Å²) in [5.41, 5.74) is 6.22. The summed E-state index contributed by atoms with van der Waals surface area (Å²) >= 11 is 0. The van der Waals surface area contributed by atoms with Crippen molar-refractivity contribution in [3.63, 3.8) is 0 Å². The molecule has 1 aliphatic rings. The van der Waals surface area contributed by atoms with Crippen LogP contribution in [0.5, 0.6) is 0 Å². The number of carbonyl (C=O) groups is 5. The Bertz CT molecular complexity index is 886. The number of carbonyl (C=O) groups excluding carboxylic acids is 5. The Morgan fingerprint density at radius 2 is 1.85 bits per heavy atom. The molecule has 0 aliphatic carbocycles. The molecule has 1 aromatic rings. The van der Waals surface area contributed by atoms with Crippen molar-refractivity contribution < 1.29 is 24.0 Å². The van der Waals surface area contributed by atoms with Gasteiger partial charge in [0.15, 0.2) is 0 Å². The van der Waals surface area contributed by atoms with Crippen molar-refractivity contribution in [2.75, 3.05) is 13.1 Å². The fourth-order valence-electron chi connectivity index (χ4n) is 3.33. The molecule has 0 bridgehead atoms. The number of benzene rings is 1. The first-order chi connectivity index (χ1) is 15.8. The van der Waals surface area contributed by atoms with Crippen LogP contribution in [-0.2, 0) is 30.4 Å². The van der Waals surface area contributed by atoms with Crippen LogP contribution in [0.25, 0.3) is 0 Å². The molecule has 0 spiro atoms. The lowest BCUT2D eigenvalue weighted by Crippen LogP contribution is -2.55. The summed E-state index contributed by atoms with van der Waals surface area (Å²) in [5, 5.41) is 7.76. The monoisotopic (exact) mass is 457 g/mol. The average molecular weight is 458 g/mol. The van der Waals surface area contributed by atoms with Crippen LogP contribution in [0.2, 0.25) is 0 Å². The smallest absolute Gasteiger partial charge is 0.244 e. The highest BCUT2D eigenvalue weighted by molar-refractivity contribution is 5.94. The number of hydrogen-bond donors (Lipinski definition) is 4. The van der Waals surface area contributed by atoms with E-state index in [2.05, 4.69) is 16.0 Å². The zero-order chi connectivity index (χ0) is 24.4. The van der Waals surface area contributed by atoms with Gasteiger partial charge in [-0.15, -0.1) is 0 Å². The fraction of sp³-hybridized carbons (Fsp3) is 0.435. The summed E-state index contributed by atoms with van der Waals surface area (Å²) < 4.78 is 0. The van der Waals surface area contributed by atoms with Gasteiger partial charge in [0.1, 0.15) is 18.4 Å². The van der Waals surface area contributed by atoms with Crippen molar-refractivity contribution in [1.29, 1.82) is 0 Å². The van der Waals surface area contributed by atoms with Gasteiger partial charge in [-0.1, -0.05) is 50.3 Å². The molecule has 33 heavy (non-hydrogen) atoms. The first-order valence-corrected chi connectivity index (χ1v) is 10.8. The van der Waals surface area contributed by atoms with E-state index in [1.165, 1.54) is 11.1 Å². The van der Waals surface area contributed by atoms with Crippen molar-refractivity contribution in [3.05, 3.63) is 48.2 Å². The Hall–Kier alpha value is -3.53. The molecule has 4 amide bonds. The van der Waals surface area contributed by atoms with Gasteiger partial charge in [0, 0.05) is 12.6 Å². The molecule has 1 aromatic carbocycles. The summed E-state index contributed by atoms with van der Waals surface area (Å²) in [7, 11) is 0. The number of nitrogens with one attached hydrogen (secondary N) is 3. The predicted molar refractivity (Wildman–Crippen MR) is 121 cm³/mol. The molecule has 5 N–H and O–H groups in total. The second-order valence-electron chi connectivity index (χ2n) is 8.08. The molecule has 0 radical (unpaired) electrons. The van der Waals surface area contributed by atoms with E-state index < -0.39 is 41.8 Å². The second kappa shape index (κ2) is 12.5. The topological polar surface area (TPSA) is 151 Å². The van der Waals surface area contributed by atoms with Gasteiger partial charge in [-0.2, -0.15) is 0 Å². The predicted octanol–water partition coefficient (Wildman–Crippen LogP) is -0.757. The summed E-state index contributed by atoms with van der Waals surface area (Å²) in [6, 6.07) is 6.66. The first-order valence-electron chi connectivity index (χ1n) is 10.8. The van der Waals surface area contributed by atoms with Crippen LogP contribution in [0, 0.1) is 5.92 Å². The largest absolute Gasteiger partial charge is 0.345 e. The molecule has 1 aliphatic heterocycles. The van der Waals surface area contributed by atoms with Crippen LogP contribution < -0.4 is 21.7 Å². The summed E-state index contributed by atoms with van der Waals surface area (Å²) in [6.07, 6.45) is 4.34. The third-order valence-corrected chi connectivity index (χ3v) is 5.26. The van der Waals surface area contributed by atoms with Crippen LogP contribution in [0.1, 0.15) is 25.8 Å². The number of rotatable bonds is 11. The van der Waals surface area contributed by atoms with Crippen molar-refractivity contribution >= 4 is 29.9 Å². The lowest BCUT2D eigenvalue weighted by Gasteiger charge is -2.25. The van der Waals surface area contributed by atoms with E-state index in [4.69, 9.17) is 5.73 Å². The summed E-state index contributed by atoms with van der Waals surface area (Å²) in [4.78, 5) is 62.3. The second-order valence-corrected chi connectivity index (χ2v) is 8.08. The standard InChI is InChI=1S/C23H31N5O5/c1-15(2)18(14-29)26-20(30)13-25-22(32)17(11-16-7-4-3-5-8-16)27-23(33)19-9-6-10-28(19)21(31)12-24/h3-8,10,14-15,17-19H,9,11-13,24H2,1-2H3,(H,25,32)(H,26,30)(H,27,33)/t17-,18-,19+/m1/s1. The lowest BCUT2D eigenvalue weighted by atomic mass is 10.0. The Morgan fingerprint density at radius 1 is 1.15 bits per heavy atom. The Kier molecular flexibility index (Phi) is 9.74. The zero-order valence-corrected chi connectivity index (χ0v) is 18.8. The van der Waals surface area contributed by atoms with Crippen LogP contribution in [-0.4, -0.2) is 66.0 Å². The molecule has 3 atom stereocenters. The van der Waals surface area contributed by atoms with Gasteiger partial charge in [-0.3, -0.25) is 19.2 Å². The third kappa shape index (κ3) is 7.53. The molecular formula is C23H31N5O5. The lowest BCUT2D eigenvalue weighted by molar-refractivity contribution is -0.137. The van der Waals surface area contributed by atoms with E-state index in [1.54, 1.807) is 19.9 Å². The van der Waals surface area contributed by atoms with E-state index in [0.29, 0.717) is 12.7 Å². The minimum absolute atomic E-state index is 0.0912. The minimum Gasteiger partial charge on any atom is -0.345 e. The first kappa shape index (κ1) is 25.7. The molecule has 2 rings (SSSR count). The fourth-order valence-corrected chi connectivity index (χ4v) is 3.33. The molecule has 0 aromatic heterocycles. The van der Waals surface area contributed by atoms with Crippen LogP contribution >= 0.6 is 0 Å². The number of aldehydes is 1. The average Bonchev–Trinajstić information content (AvgIpc) is 3.30. The van der Waals surface area contributed by atoms with E-state index in [9.17, 15) is 24.0 Å². The molecule has 10 heteroatoms. The Balaban J connectivity index is 2.06. The Labute approximate surface area is 192 Å². The molecule has 0 saturated heterocycles. The van der Waals surface area contributed by atoms with E-state index >= 15 is 0 Å². The van der Waals surface area contributed by atoms with Gasteiger partial charge in [-0.05, 0) is 17.9 Å². The van der Waals surface area contributed by atoms with Gasteiger partial charge in [0.25, 0.3) is 0 Å². The molecule has 0 fully saturated rings. The van der Waals surface area contributed by atoms with E-state index in [-0.39, 0.29) is 25.4 Å². The van der Waals surface area contributed by atoms with Gasteiger partial charge in [0.2, 0.25) is 23.6 Å². The SMILES string of the molecule is CC(C)[C@@H](C=O)NC(=O)CNC(=O)[C@@H](Cc1ccccc1)NC(=O)[C@@H]1CC=CN1C(=O)CN. The maximum atomic E-state index is 12.9. The van der Waals surface area contributed by atoms with Crippen LogP contribution in [0.15, 0.2) is 42.6 Å². The summed E-state index contributed by atoms with van der Waals surface area (Å²) in [5.74, 6) is -2.06. The number of nitrogens with two attached hydrogens (primary N) is 1. The van der Waals surface area contributed by atoms with Crippen molar-refractivity contribution in [1.82, 2.24) is 20.9 Å². The quantitative estimate of drug-likeness (QED) is 0.321. The van der Waals surface area contributed by atoms with Gasteiger partial charge >= 0.3 is 0 Å². The maximum absolute atomic E-state index is 12.9.